The fourth-order valence-corrected chi connectivity index (χ4v) is 28.5. The third-order valence-corrected chi connectivity index (χ3v) is 35.5. The zero-order valence-electron chi connectivity index (χ0n) is 94.5. The summed E-state index contributed by atoms with van der Waals surface area (Å²) in [6.45, 7) is 58.4. The zero-order chi connectivity index (χ0) is 94.6. The molecule has 0 aromatic carbocycles. The van der Waals surface area contributed by atoms with Crippen molar-refractivity contribution in [3.05, 3.63) is 5.92 Å². The Morgan fingerprint density at radius 3 is 0.758 bits per heavy atom. The molecule has 0 saturated heterocycles. The number of unbranched alkanes of at least 4 members (excludes halogenated alkanes) is 37. The average Bonchev–Trinajstić information content (AvgIpc) is 0.672. The van der Waals surface area contributed by atoms with E-state index < -0.39 is 0 Å². The van der Waals surface area contributed by atoms with E-state index in [0.29, 0.717) is 0 Å². The minimum absolute atomic E-state index is 0.116. The Morgan fingerprint density at radius 1 is 0.156 bits per heavy atom. The molecule has 0 heteroatoms. The van der Waals surface area contributed by atoms with Crippen LogP contribution in [0.4, 0.5) is 0 Å². The highest BCUT2D eigenvalue weighted by molar-refractivity contribution is 5.27. The van der Waals surface area contributed by atoms with E-state index >= 15 is 0 Å². The van der Waals surface area contributed by atoms with Gasteiger partial charge in [0.1, 0.15) is 0 Å². The van der Waals surface area contributed by atoms with Gasteiger partial charge in [-0.15, -0.1) is 0 Å². The van der Waals surface area contributed by atoms with Crippen LogP contribution in [-0.4, -0.2) is 0 Å². The second-order valence-electron chi connectivity index (χ2n) is 46.2. The summed E-state index contributed by atoms with van der Waals surface area (Å²) >= 11 is 0. The standard InChI is InChI=1S/C128H257/c1-23-45-56-61-65-70-79-92-115(44-22)106-123(100-55-33-11)125(109-118(85-36-14)95-73-51-29-7,105-102-114(43-21)91-78-68-63-58-47-25-3)126(110-119(86-37-15)96-74-52-30-8,104-82-99-113(42-20)90-77-67-60-49-27-5)127(103-41-19,111-120(87-38-16)97-75-53-31-9)128(112-121(88-39-17)98-76-54-32-10,122(89-40-18)101-81-71-66-62-57-46-24-2)124(107-116(83-34-12)93-72-50-28-6)108-117(84-35-13)94-80-69-64-59-48-26-4/h113-123H,23-112H2,1-22H3. The summed E-state index contributed by atoms with van der Waals surface area (Å²) < 4.78 is 0. The Kier molecular flexibility index (Phi) is 89.6. The van der Waals surface area contributed by atoms with Crippen molar-refractivity contribution in [3.63, 3.8) is 0 Å². The minimum Gasteiger partial charge on any atom is -0.0654 e. The SMILES string of the molecule is CCCCCCCCCC(CC)CC(CCCC)C(CCC(CC)CCCCCCCC)(CC(CCC)CCCCC)C(CCCC(CC)CCCCCCC)(CC(CCC)CCCCC)C(CCC)(CC(CCC)CCCCC)C(CC(CCC)CCCCC)([C](CC(CCC)CCCCC)CC(CCC)CCCCCCCC)C(CCC)CCCCCCCCC. The van der Waals surface area contributed by atoms with Gasteiger partial charge in [0.2, 0.25) is 0 Å². The van der Waals surface area contributed by atoms with Crippen molar-refractivity contribution in [2.24, 2.45) is 86.8 Å². The molecular formula is C128H257. The molecule has 15 unspecified atom stereocenters. The molecule has 0 rings (SSSR count). The first kappa shape index (κ1) is 128. The second-order valence-corrected chi connectivity index (χ2v) is 46.2. The molecule has 0 heterocycles. The highest BCUT2D eigenvalue weighted by Gasteiger charge is 2.72. The Bertz CT molecular complexity index is 2170. The van der Waals surface area contributed by atoms with Crippen molar-refractivity contribution in [2.45, 2.75) is 730 Å². The lowest BCUT2D eigenvalue weighted by Gasteiger charge is -2.75. The van der Waals surface area contributed by atoms with Gasteiger partial charge in [0.25, 0.3) is 0 Å². The molecular weight excluding hydrogens is 1540 g/mol. The lowest BCUT2D eigenvalue weighted by atomic mass is 9.29. The van der Waals surface area contributed by atoms with Gasteiger partial charge in [-0.25, -0.2) is 0 Å². The molecule has 0 fully saturated rings. The molecule has 0 spiro atoms. The van der Waals surface area contributed by atoms with Gasteiger partial charge in [0.15, 0.2) is 0 Å². The second kappa shape index (κ2) is 89.6. The maximum atomic E-state index is 2.97. The highest BCUT2D eigenvalue weighted by Crippen LogP contribution is 2.80. The van der Waals surface area contributed by atoms with Gasteiger partial charge in [0, 0.05) is 0 Å². The molecule has 0 aliphatic carbocycles. The topological polar surface area (TPSA) is 0 Å². The molecule has 769 valence electrons. The largest absolute Gasteiger partial charge is 0.0654 e. The van der Waals surface area contributed by atoms with Crippen LogP contribution >= 0.6 is 0 Å². The van der Waals surface area contributed by atoms with Crippen molar-refractivity contribution >= 4 is 0 Å². The lowest BCUT2D eigenvalue weighted by Crippen LogP contribution is -2.68. The van der Waals surface area contributed by atoms with Crippen LogP contribution < -0.4 is 0 Å². The van der Waals surface area contributed by atoms with E-state index in [1.807, 2.05) is 0 Å². The van der Waals surface area contributed by atoms with Crippen LogP contribution in [0.3, 0.4) is 0 Å². The Labute approximate surface area is 817 Å². The molecule has 0 bridgehead atoms. The summed E-state index contributed by atoms with van der Waals surface area (Å²) in [6, 6.07) is 0. The van der Waals surface area contributed by atoms with Crippen LogP contribution in [0.25, 0.3) is 0 Å². The van der Waals surface area contributed by atoms with E-state index in [2.05, 4.69) is 158 Å². The quantitative estimate of drug-likeness (QED) is 0.0533. The van der Waals surface area contributed by atoms with Crippen LogP contribution in [0.15, 0.2) is 0 Å². The first-order valence-corrected chi connectivity index (χ1v) is 62.5. The van der Waals surface area contributed by atoms with Crippen molar-refractivity contribution in [1.29, 1.82) is 0 Å². The summed E-state index contributed by atoms with van der Waals surface area (Å²) in [4.78, 5) is 0. The Balaban J connectivity index is 13.4. The summed E-state index contributed by atoms with van der Waals surface area (Å²) in [5, 5.41) is 0. The predicted octanol–water partition coefficient (Wildman–Crippen LogP) is 47.8. The molecule has 15 atom stereocenters. The molecule has 0 amide bonds. The van der Waals surface area contributed by atoms with Gasteiger partial charge in [0.05, 0.1) is 0 Å². The minimum atomic E-state index is 0.116. The number of hydrogen-bond acceptors (Lipinski definition) is 0. The van der Waals surface area contributed by atoms with Gasteiger partial charge >= 0.3 is 0 Å². The van der Waals surface area contributed by atoms with Crippen molar-refractivity contribution in [2.75, 3.05) is 0 Å². The van der Waals surface area contributed by atoms with Gasteiger partial charge in [-0.3, -0.25) is 0 Å². The smallest absolute Gasteiger partial charge is 0.0142 e. The summed E-state index contributed by atoms with van der Waals surface area (Å²) in [7, 11) is 0. The first-order chi connectivity index (χ1) is 62.6. The van der Waals surface area contributed by atoms with E-state index in [1.165, 1.54) is 533 Å². The van der Waals surface area contributed by atoms with Crippen LogP contribution in [0, 0.1) is 92.7 Å². The third-order valence-electron chi connectivity index (χ3n) is 35.5. The van der Waals surface area contributed by atoms with Crippen LogP contribution in [0.2, 0.25) is 0 Å². The summed E-state index contributed by atoms with van der Waals surface area (Å²) in [5.74, 6) is 11.0. The van der Waals surface area contributed by atoms with E-state index in [0.717, 1.165) is 65.1 Å². The fourth-order valence-electron chi connectivity index (χ4n) is 28.5. The number of rotatable bonds is 105. The van der Waals surface area contributed by atoms with Crippen LogP contribution in [-0.2, 0) is 0 Å². The number of hydrogen-bond donors (Lipinski definition) is 0. The van der Waals surface area contributed by atoms with Crippen molar-refractivity contribution in [3.8, 4) is 0 Å². The van der Waals surface area contributed by atoms with Gasteiger partial charge < -0.3 is 0 Å². The predicted molar refractivity (Wildman–Crippen MR) is 592 cm³/mol. The maximum Gasteiger partial charge on any atom is -0.0142 e. The summed E-state index contributed by atoms with van der Waals surface area (Å²) in [6.07, 6.45) is 130. The van der Waals surface area contributed by atoms with Gasteiger partial charge in [-0.2, -0.15) is 0 Å². The van der Waals surface area contributed by atoms with Gasteiger partial charge in [-0.1, -0.05) is 647 Å². The molecule has 1 radical (unpaired) electrons. The molecule has 0 saturated carbocycles. The van der Waals surface area contributed by atoms with E-state index in [9.17, 15) is 0 Å². The molecule has 0 N–H and O–H groups in total. The maximum absolute atomic E-state index is 2.97. The zero-order valence-corrected chi connectivity index (χ0v) is 94.5. The van der Waals surface area contributed by atoms with E-state index in [4.69, 9.17) is 0 Å². The van der Waals surface area contributed by atoms with E-state index in [-0.39, 0.29) is 21.7 Å². The molecule has 0 nitrogen and oxygen atoms in total. The molecule has 0 aromatic rings. The van der Waals surface area contributed by atoms with Crippen LogP contribution in [0.5, 0.6) is 0 Å². The summed E-state index contributed by atoms with van der Waals surface area (Å²) in [5.41, 5.74) is 0.577. The Hall–Kier alpha value is 0. The Morgan fingerprint density at radius 2 is 0.414 bits per heavy atom. The monoisotopic (exact) mass is 1800 g/mol. The fraction of sp³-hybridized carbons (Fsp3) is 0.992. The van der Waals surface area contributed by atoms with Gasteiger partial charge in [-0.05, 0) is 176 Å². The molecule has 128 heavy (non-hydrogen) atoms. The average molecular weight is 1800 g/mol. The molecule has 0 aliphatic rings. The van der Waals surface area contributed by atoms with Crippen molar-refractivity contribution in [1.82, 2.24) is 0 Å². The van der Waals surface area contributed by atoms with E-state index in [1.54, 1.807) is 44.9 Å². The molecule has 0 aliphatic heterocycles. The highest BCUT2D eigenvalue weighted by atomic mass is 14.8. The van der Waals surface area contributed by atoms with Crippen molar-refractivity contribution < 1.29 is 0 Å². The lowest BCUT2D eigenvalue weighted by molar-refractivity contribution is -0.245. The molecule has 0 aromatic heterocycles. The van der Waals surface area contributed by atoms with Crippen LogP contribution in [0.1, 0.15) is 730 Å². The first-order valence-electron chi connectivity index (χ1n) is 62.5. The third kappa shape index (κ3) is 54.0. The normalized spacial score (nSPS) is 16.8.